The van der Waals surface area contributed by atoms with Crippen LogP contribution in [-0.2, 0) is 4.74 Å². The molecule has 2 aliphatic carbocycles. The number of ether oxygens (including phenoxy) is 1. The second kappa shape index (κ2) is 6.42. The quantitative estimate of drug-likeness (QED) is 0.457. The highest BCUT2D eigenvalue weighted by atomic mass is 19.2. The standard InChI is InChI=1S/C24H22F2O/c1-2-14-7-8-20-17(14)9-10-18(20)15-3-5-16(6-4-15)19-11-12-21(22-13-27-22)24(26)23(19)25/h2-6,10-12,14,17,20,22H,1,7-9,13H2. The lowest BCUT2D eigenvalue weighted by atomic mass is 9.86. The molecule has 0 amide bonds. The summed E-state index contributed by atoms with van der Waals surface area (Å²) in [4.78, 5) is 0. The summed E-state index contributed by atoms with van der Waals surface area (Å²) in [6, 6.07) is 11.2. The van der Waals surface area contributed by atoms with Gasteiger partial charge >= 0.3 is 0 Å². The zero-order valence-corrected chi connectivity index (χ0v) is 15.1. The summed E-state index contributed by atoms with van der Waals surface area (Å²) in [7, 11) is 0. The summed E-state index contributed by atoms with van der Waals surface area (Å²) in [5.41, 5.74) is 3.91. The number of epoxide rings is 1. The van der Waals surface area contributed by atoms with Crippen LogP contribution in [0.3, 0.4) is 0 Å². The maximum absolute atomic E-state index is 14.5. The zero-order valence-electron chi connectivity index (χ0n) is 15.1. The van der Waals surface area contributed by atoms with Gasteiger partial charge in [0.25, 0.3) is 0 Å². The van der Waals surface area contributed by atoms with Gasteiger partial charge in [-0.05, 0) is 53.7 Å². The Labute approximate surface area is 158 Å². The van der Waals surface area contributed by atoms with Crippen LogP contribution in [0, 0.1) is 29.4 Å². The van der Waals surface area contributed by atoms with E-state index in [2.05, 4.69) is 18.7 Å². The van der Waals surface area contributed by atoms with Crippen molar-refractivity contribution in [1.82, 2.24) is 0 Å². The highest BCUT2D eigenvalue weighted by Crippen LogP contribution is 2.51. The fourth-order valence-corrected chi connectivity index (χ4v) is 4.97. The maximum Gasteiger partial charge on any atom is 0.167 e. The molecule has 1 aliphatic heterocycles. The monoisotopic (exact) mass is 364 g/mol. The first-order chi connectivity index (χ1) is 13.2. The van der Waals surface area contributed by atoms with Gasteiger partial charge < -0.3 is 4.74 Å². The van der Waals surface area contributed by atoms with E-state index in [0.29, 0.717) is 41.1 Å². The van der Waals surface area contributed by atoms with Crippen LogP contribution in [-0.4, -0.2) is 6.61 Å². The van der Waals surface area contributed by atoms with E-state index in [4.69, 9.17) is 4.74 Å². The van der Waals surface area contributed by atoms with Crippen LogP contribution in [0.4, 0.5) is 8.78 Å². The molecule has 3 aliphatic rings. The van der Waals surface area contributed by atoms with Crippen molar-refractivity contribution in [2.24, 2.45) is 17.8 Å². The molecule has 5 rings (SSSR count). The molecule has 4 atom stereocenters. The van der Waals surface area contributed by atoms with E-state index in [1.165, 1.54) is 24.0 Å². The molecule has 0 spiro atoms. The van der Waals surface area contributed by atoms with Gasteiger partial charge in [-0.1, -0.05) is 48.6 Å². The van der Waals surface area contributed by atoms with Crippen LogP contribution >= 0.6 is 0 Å². The van der Waals surface area contributed by atoms with Crippen LogP contribution in [0.2, 0.25) is 0 Å². The Hall–Kier alpha value is -2.26. The molecule has 0 aromatic heterocycles. The minimum Gasteiger partial charge on any atom is -0.368 e. The predicted molar refractivity (Wildman–Crippen MR) is 103 cm³/mol. The van der Waals surface area contributed by atoms with Crippen LogP contribution in [0.25, 0.3) is 16.7 Å². The number of rotatable bonds is 4. The van der Waals surface area contributed by atoms with Crippen molar-refractivity contribution in [2.45, 2.75) is 25.4 Å². The SMILES string of the molecule is C=CC1CCC2C(c3ccc(-c4ccc(C5CO5)c(F)c4F)cc3)=CCC12. The Balaban J connectivity index is 1.42. The summed E-state index contributed by atoms with van der Waals surface area (Å²) < 4.78 is 33.9. The van der Waals surface area contributed by atoms with Gasteiger partial charge in [0.05, 0.1) is 6.61 Å². The number of hydrogen-bond acceptors (Lipinski definition) is 1. The highest BCUT2D eigenvalue weighted by Gasteiger charge is 2.39. The summed E-state index contributed by atoms with van der Waals surface area (Å²) >= 11 is 0. The topological polar surface area (TPSA) is 12.5 Å². The van der Waals surface area contributed by atoms with Crippen molar-refractivity contribution in [2.75, 3.05) is 6.61 Å². The summed E-state index contributed by atoms with van der Waals surface area (Å²) in [5, 5.41) is 0. The van der Waals surface area contributed by atoms with Gasteiger partial charge in [-0.3, -0.25) is 0 Å². The highest BCUT2D eigenvalue weighted by molar-refractivity contribution is 5.73. The van der Waals surface area contributed by atoms with Crippen molar-refractivity contribution in [3.8, 4) is 11.1 Å². The molecule has 2 aromatic rings. The maximum atomic E-state index is 14.5. The minimum atomic E-state index is -0.791. The van der Waals surface area contributed by atoms with Crippen LogP contribution in [0.1, 0.15) is 36.5 Å². The molecule has 0 N–H and O–H groups in total. The third-order valence-electron chi connectivity index (χ3n) is 6.51. The zero-order chi connectivity index (χ0) is 18.5. The van der Waals surface area contributed by atoms with E-state index in [1.807, 2.05) is 24.3 Å². The van der Waals surface area contributed by atoms with E-state index < -0.39 is 11.6 Å². The Kier molecular flexibility index (Phi) is 4.01. The van der Waals surface area contributed by atoms with Gasteiger partial charge in [0, 0.05) is 11.1 Å². The van der Waals surface area contributed by atoms with Crippen LogP contribution in [0.5, 0.6) is 0 Å². The van der Waals surface area contributed by atoms with Crippen molar-refractivity contribution >= 4 is 5.57 Å². The number of benzene rings is 2. The smallest absolute Gasteiger partial charge is 0.167 e. The van der Waals surface area contributed by atoms with Crippen LogP contribution < -0.4 is 0 Å². The summed E-state index contributed by atoms with van der Waals surface area (Å²) in [6.45, 7) is 4.45. The molecule has 4 unspecified atom stereocenters. The number of halogens is 2. The lowest BCUT2D eigenvalue weighted by molar-refractivity contribution is 0.401. The third kappa shape index (κ3) is 2.76. The van der Waals surface area contributed by atoms with Crippen LogP contribution in [0.15, 0.2) is 55.1 Å². The van der Waals surface area contributed by atoms with Gasteiger partial charge in [-0.25, -0.2) is 8.78 Å². The molecule has 1 nitrogen and oxygen atoms in total. The molecule has 2 aromatic carbocycles. The van der Waals surface area contributed by atoms with Crippen molar-refractivity contribution in [3.05, 3.63) is 77.9 Å². The lowest BCUT2D eigenvalue weighted by Crippen LogP contribution is -2.08. The van der Waals surface area contributed by atoms with Gasteiger partial charge in [0.1, 0.15) is 6.10 Å². The normalized spacial score (nSPS) is 28.7. The van der Waals surface area contributed by atoms with Gasteiger partial charge in [0.15, 0.2) is 11.6 Å². The molecule has 1 saturated heterocycles. The predicted octanol–water partition coefficient (Wildman–Crippen LogP) is 6.32. The molecular weight excluding hydrogens is 342 g/mol. The molecule has 0 radical (unpaired) electrons. The first kappa shape index (κ1) is 16.9. The Bertz CT molecular complexity index is 924. The number of hydrogen-bond donors (Lipinski definition) is 0. The molecule has 0 bridgehead atoms. The second-order valence-electron chi connectivity index (χ2n) is 7.87. The summed E-state index contributed by atoms with van der Waals surface area (Å²) in [6.07, 6.45) is 7.71. The van der Waals surface area contributed by atoms with Gasteiger partial charge in [0.2, 0.25) is 0 Å². The average Bonchev–Trinajstić information content (AvgIpc) is 3.31. The van der Waals surface area contributed by atoms with E-state index in [1.54, 1.807) is 12.1 Å². The Morgan fingerprint density at radius 1 is 0.963 bits per heavy atom. The molecular formula is C24H22F2O. The minimum absolute atomic E-state index is 0.288. The molecule has 1 heterocycles. The number of fused-ring (bicyclic) bond motifs is 1. The van der Waals surface area contributed by atoms with E-state index in [0.717, 1.165) is 6.42 Å². The summed E-state index contributed by atoms with van der Waals surface area (Å²) in [5.74, 6) is 0.322. The van der Waals surface area contributed by atoms with E-state index >= 15 is 0 Å². The number of allylic oxidation sites excluding steroid dienone is 3. The molecule has 2 fully saturated rings. The molecule has 27 heavy (non-hydrogen) atoms. The van der Waals surface area contributed by atoms with E-state index in [-0.39, 0.29) is 6.10 Å². The van der Waals surface area contributed by atoms with Gasteiger partial charge in [-0.2, -0.15) is 0 Å². The average molecular weight is 364 g/mol. The second-order valence-corrected chi connectivity index (χ2v) is 7.87. The fourth-order valence-electron chi connectivity index (χ4n) is 4.97. The van der Waals surface area contributed by atoms with Crippen molar-refractivity contribution < 1.29 is 13.5 Å². The molecule has 3 heteroatoms. The van der Waals surface area contributed by atoms with Crippen molar-refractivity contribution in [3.63, 3.8) is 0 Å². The third-order valence-corrected chi connectivity index (χ3v) is 6.51. The Morgan fingerprint density at radius 2 is 1.70 bits per heavy atom. The fraction of sp³-hybridized carbons (Fsp3) is 0.333. The van der Waals surface area contributed by atoms with Crippen molar-refractivity contribution in [1.29, 1.82) is 0 Å². The molecule has 1 saturated carbocycles. The Morgan fingerprint density at radius 3 is 2.41 bits per heavy atom. The van der Waals surface area contributed by atoms with Gasteiger partial charge in [-0.15, -0.1) is 6.58 Å². The first-order valence-corrected chi connectivity index (χ1v) is 9.70. The first-order valence-electron chi connectivity index (χ1n) is 9.70. The molecule has 138 valence electrons. The lowest BCUT2D eigenvalue weighted by Gasteiger charge is -2.18. The van der Waals surface area contributed by atoms with E-state index in [9.17, 15) is 8.78 Å². The largest absolute Gasteiger partial charge is 0.368 e.